The molecule has 29 heavy (non-hydrogen) atoms. The van der Waals surface area contributed by atoms with Crippen LogP contribution < -0.4 is 5.32 Å². The molecule has 1 fully saturated rings. The zero-order chi connectivity index (χ0) is 20.4. The van der Waals surface area contributed by atoms with Gasteiger partial charge in [-0.25, -0.2) is 18.2 Å². The zero-order valence-electron chi connectivity index (χ0n) is 15.3. The highest BCUT2D eigenvalue weighted by Crippen LogP contribution is 2.28. The lowest BCUT2D eigenvalue weighted by Gasteiger charge is -2.12. The van der Waals surface area contributed by atoms with E-state index in [9.17, 15) is 18.0 Å². The molecule has 1 amide bonds. The Morgan fingerprint density at radius 1 is 1.21 bits per heavy atom. The topological polar surface area (TPSA) is 102 Å². The van der Waals surface area contributed by atoms with Crippen molar-refractivity contribution >= 4 is 44.0 Å². The van der Waals surface area contributed by atoms with Gasteiger partial charge < -0.3 is 10.1 Å². The second-order valence-corrected chi connectivity index (χ2v) is 9.97. The molecule has 1 saturated heterocycles. The SMILES string of the molecule is O=C(COC(=O)c1cc(-c2cccs2)nc2ccccc12)N[C@H]1CCS(=O)(=O)C1. The first-order valence-corrected chi connectivity index (χ1v) is 11.7. The maximum atomic E-state index is 12.7. The molecule has 3 heterocycles. The number of benzene rings is 1. The number of sulfone groups is 1. The van der Waals surface area contributed by atoms with E-state index in [0.717, 1.165) is 4.88 Å². The molecule has 0 spiro atoms. The molecule has 0 bridgehead atoms. The number of ether oxygens (including phenoxy) is 1. The quantitative estimate of drug-likeness (QED) is 0.624. The molecule has 9 heteroatoms. The molecule has 0 aliphatic carbocycles. The summed E-state index contributed by atoms with van der Waals surface area (Å²) in [5, 5.41) is 5.17. The highest BCUT2D eigenvalue weighted by atomic mass is 32.2. The van der Waals surface area contributed by atoms with Gasteiger partial charge in [0.15, 0.2) is 16.4 Å². The number of carbonyl (C=O) groups is 2. The van der Waals surface area contributed by atoms with Gasteiger partial charge in [-0.05, 0) is 30.0 Å². The maximum Gasteiger partial charge on any atom is 0.339 e. The third-order valence-corrected chi connectivity index (χ3v) is 7.30. The fourth-order valence-corrected chi connectivity index (χ4v) is 5.64. The number of esters is 1. The van der Waals surface area contributed by atoms with E-state index in [-0.39, 0.29) is 11.5 Å². The van der Waals surface area contributed by atoms with Gasteiger partial charge in [-0.15, -0.1) is 11.3 Å². The first-order valence-electron chi connectivity index (χ1n) is 9.02. The van der Waals surface area contributed by atoms with E-state index in [1.807, 2.05) is 29.6 Å². The second kappa shape index (κ2) is 7.92. The van der Waals surface area contributed by atoms with Crippen molar-refractivity contribution in [3.63, 3.8) is 0 Å². The Labute approximate surface area is 171 Å². The highest BCUT2D eigenvalue weighted by Gasteiger charge is 2.29. The van der Waals surface area contributed by atoms with Crippen LogP contribution >= 0.6 is 11.3 Å². The van der Waals surface area contributed by atoms with Crippen molar-refractivity contribution in [2.75, 3.05) is 18.1 Å². The standard InChI is InChI=1S/C20H18N2O5S2/c23-19(21-13-7-9-29(25,26)12-13)11-27-20(24)15-10-17(18-6-3-8-28-18)22-16-5-2-1-4-14(15)16/h1-6,8,10,13H,7,9,11-12H2,(H,21,23)/t13-/m0/s1. The summed E-state index contributed by atoms with van der Waals surface area (Å²) in [7, 11) is -3.09. The summed E-state index contributed by atoms with van der Waals surface area (Å²) in [5.74, 6) is -1.16. The number of rotatable bonds is 5. The number of para-hydroxylation sites is 1. The van der Waals surface area contributed by atoms with Crippen molar-refractivity contribution in [2.45, 2.75) is 12.5 Å². The normalized spacial score (nSPS) is 17.9. The number of pyridine rings is 1. The summed E-state index contributed by atoms with van der Waals surface area (Å²) in [5.41, 5.74) is 1.65. The van der Waals surface area contributed by atoms with Crippen LogP contribution in [0.3, 0.4) is 0 Å². The fourth-order valence-electron chi connectivity index (χ4n) is 3.28. The Hall–Kier alpha value is -2.78. The van der Waals surface area contributed by atoms with Gasteiger partial charge in [-0.3, -0.25) is 4.79 Å². The number of aromatic nitrogens is 1. The summed E-state index contributed by atoms with van der Waals surface area (Å²) < 4.78 is 28.2. The van der Waals surface area contributed by atoms with Crippen molar-refractivity contribution in [2.24, 2.45) is 0 Å². The number of carbonyl (C=O) groups excluding carboxylic acids is 2. The Balaban J connectivity index is 1.50. The van der Waals surface area contributed by atoms with Gasteiger partial charge in [0.25, 0.3) is 5.91 Å². The Bertz CT molecular complexity index is 1170. The Morgan fingerprint density at radius 3 is 2.76 bits per heavy atom. The van der Waals surface area contributed by atoms with Crippen molar-refractivity contribution in [3.8, 4) is 10.6 Å². The summed E-state index contributed by atoms with van der Waals surface area (Å²) in [6, 6.07) is 12.3. The summed E-state index contributed by atoms with van der Waals surface area (Å²) in [6.07, 6.45) is 0.376. The third-order valence-electron chi connectivity index (χ3n) is 4.64. The van der Waals surface area contributed by atoms with E-state index >= 15 is 0 Å². The van der Waals surface area contributed by atoms with Crippen LogP contribution in [0, 0.1) is 0 Å². The number of hydrogen-bond donors (Lipinski definition) is 1. The van der Waals surface area contributed by atoms with Crippen molar-refractivity contribution < 1.29 is 22.7 Å². The van der Waals surface area contributed by atoms with E-state index in [1.165, 1.54) is 11.3 Å². The fraction of sp³-hybridized carbons (Fsp3) is 0.250. The highest BCUT2D eigenvalue weighted by molar-refractivity contribution is 7.91. The van der Waals surface area contributed by atoms with Gasteiger partial charge >= 0.3 is 5.97 Å². The Morgan fingerprint density at radius 2 is 2.03 bits per heavy atom. The first kappa shape index (κ1) is 19.5. The van der Waals surface area contributed by atoms with E-state index in [0.29, 0.717) is 28.6 Å². The van der Waals surface area contributed by atoms with Crippen LogP contribution in [0.25, 0.3) is 21.5 Å². The minimum Gasteiger partial charge on any atom is -0.452 e. The van der Waals surface area contributed by atoms with Gasteiger partial charge in [-0.1, -0.05) is 24.3 Å². The molecule has 0 saturated carbocycles. The number of fused-ring (bicyclic) bond motifs is 1. The summed E-state index contributed by atoms with van der Waals surface area (Å²) >= 11 is 1.51. The van der Waals surface area contributed by atoms with Crippen molar-refractivity contribution in [1.29, 1.82) is 0 Å². The molecule has 2 aromatic heterocycles. The molecule has 150 valence electrons. The molecular formula is C20H18N2O5S2. The molecule has 1 aromatic carbocycles. The predicted octanol–water partition coefficient (Wildman–Crippen LogP) is 2.42. The molecule has 0 radical (unpaired) electrons. The molecule has 1 aliphatic rings. The van der Waals surface area contributed by atoms with E-state index in [2.05, 4.69) is 10.3 Å². The minimum atomic E-state index is -3.09. The minimum absolute atomic E-state index is 0.0617. The van der Waals surface area contributed by atoms with E-state index in [4.69, 9.17) is 4.74 Å². The lowest BCUT2D eigenvalue weighted by molar-refractivity contribution is -0.124. The van der Waals surface area contributed by atoms with Crippen LogP contribution in [0.2, 0.25) is 0 Å². The van der Waals surface area contributed by atoms with Gasteiger partial charge in [-0.2, -0.15) is 0 Å². The zero-order valence-corrected chi connectivity index (χ0v) is 17.0. The largest absolute Gasteiger partial charge is 0.452 e. The van der Waals surface area contributed by atoms with Gasteiger partial charge in [0.1, 0.15) is 0 Å². The van der Waals surface area contributed by atoms with Crippen molar-refractivity contribution in [1.82, 2.24) is 10.3 Å². The molecular weight excluding hydrogens is 412 g/mol. The first-order chi connectivity index (χ1) is 13.9. The average Bonchev–Trinajstić information content (AvgIpc) is 3.35. The van der Waals surface area contributed by atoms with Gasteiger partial charge in [0, 0.05) is 11.4 Å². The predicted molar refractivity (Wildman–Crippen MR) is 111 cm³/mol. The molecule has 3 aromatic rings. The Kier molecular flexibility index (Phi) is 5.33. The smallest absolute Gasteiger partial charge is 0.339 e. The number of thiophene rings is 1. The maximum absolute atomic E-state index is 12.7. The van der Waals surface area contributed by atoms with E-state index in [1.54, 1.807) is 18.2 Å². The molecule has 1 N–H and O–H groups in total. The molecule has 7 nitrogen and oxygen atoms in total. The summed E-state index contributed by atoms with van der Waals surface area (Å²) in [4.78, 5) is 30.3. The van der Waals surface area contributed by atoms with Gasteiger partial charge in [0.2, 0.25) is 0 Å². The molecule has 1 atom stereocenters. The van der Waals surface area contributed by atoms with Crippen LogP contribution in [0.1, 0.15) is 16.8 Å². The third kappa shape index (κ3) is 4.46. The monoisotopic (exact) mass is 430 g/mol. The molecule has 4 rings (SSSR count). The molecule has 0 unspecified atom stereocenters. The second-order valence-electron chi connectivity index (χ2n) is 6.79. The number of nitrogens with one attached hydrogen (secondary N) is 1. The number of nitrogens with zero attached hydrogens (tertiary/aromatic N) is 1. The van der Waals surface area contributed by atoms with Gasteiger partial charge in [0.05, 0.1) is 33.2 Å². The van der Waals surface area contributed by atoms with Crippen LogP contribution in [-0.4, -0.2) is 49.4 Å². The van der Waals surface area contributed by atoms with E-state index < -0.39 is 34.4 Å². The lowest BCUT2D eigenvalue weighted by atomic mass is 10.1. The molecule has 1 aliphatic heterocycles. The number of hydrogen-bond acceptors (Lipinski definition) is 7. The lowest BCUT2D eigenvalue weighted by Crippen LogP contribution is -2.38. The van der Waals surface area contributed by atoms with Crippen LogP contribution in [0.5, 0.6) is 0 Å². The average molecular weight is 431 g/mol. The van der Waals surface area contributed by atoms with Crippen LogP contribution in [-0.2, 0) is 19.4 Å². The van der Waals surface area contributed by atoms with Crippen LogP contribution in [0.4, 0.5) is 0 Å². The van der Waals surface area contributed by atoms with Crippen molar-refractivity contribution in [3.05, 3.63) is 53.4 Å². The number of amides is 1. The summed E-state index contributed by atoms with van der Waals surface area (Å²) in [6.45, 7) is -0.472. The van der Waals surface area contributed by atoms with Crippen LogP contribution in [0.15, 0.2) is 47.8 Å².